The summed E-state index contributed by atoms with van der Waals surface area (Å²) in [7, 11) is 8.57. The average molecular weight is 278 g/mol. The van der Waals surface area contributed by atoms with Crippen molar-refractivity contribution < 1.29 is 0 Å². The van der Waals surface area contributed by atoms with Gasteiger partial charge >= 0.3 is 0 Å². The molecule has 0 saturated heterocycles. The van der Waals surface area contributed by atoms with Crippen molar-refractivity contribution in [3.63, 3.8) is 0 Å². The van der Waals surface area contributed by atoms with Gasteiger partial charge in [0.2, 0.25) is 0 Å². The first kappa shape index (κ1) is 15.5. The molecule has 4 heteroatoms. The summed E-state index contributed by atoms with van der Waals surface area (Å²) in [5.74, 6) is 0.874. The second kappa shape index (κ2) is 6.27. The van der Waals surface area contributed by atoms with Crippen LogP contribution in [0.25, 0.3) is 0 Å². The minimum Gasteiger partial charge on any atom is -0.315 e. The van der Waals surface area contributed by atoms with Gasteiger partial charge in [-0.25, -0.2) is 0 Å². The maximum atomic E-state index is 4.30. The van der Waals surface area contributed by atoms with Gasteiger partial charge in [-0.3, -0.25) is 4.68 Å². The van der Waals surface area contributed by atoms with E-state index in [0.29, 0.717) is 6.04 Å². The summed E-state index contributed by atoms with van der Waals surface area (Å²) in [6, 6.07) is 0.481. The van der Waals surface area contributed by atoms with E-state index in [1.165, 1.54) is 31.2 Å². The lowest BCUT2D eigenvalue weighted by molar-refractivity contribution is 0.0461. The van der Waals surface area contributed by atoms with Crippen molar-refractivity contribution >= 4 is 0 Å². The van der Waals surface area contributed by atoms with Gasteiger partial charge in [0.15, 0.2) is 0 Å². The van der Waals surface area contributed by atoms with Gasteiger partial charge in [-0.15, -0.1) is 0 Å². The quantitative estimate of drug-likeness (QED) is 0.895. The standard InChI is InChI=1S/C16H30N4/c1-13-6-8-16(9-7-13,19(3)4)15(17-2)10-14-11-18-20(5)12-14/h11-13,15,17H,6-10H2,1-5H3. The van der Waals surface area contributed by atoms with Gasteiger partial charge in [0.25, 0.3) is 0 Å². The number of rotatable bonds is 5. The van der Waals surface area contributed by atoms with Crippen LogP contribution in [-0.4, -0.2) is 47.4 Å². The molecule has 1 fully saturated rings. The molecule has 0 amide bonds. The van der Waals surface area contributed by atoms with Crippen LogP contribution in [0.2, 0.25) is 0 Å². The van der Waals surface area contributed by atoms with E-state index in [1.54, 1.807) is 0 Å². The summed E-state index contributed by atoms with van der Waals surface area (Å²) in [6.45, 7) is 2.38. The third-order valence-electron chi connectivity index (χ3n) is 5.23. The Bertz CT molecular complexity index is 416. The molecule has 1 aliphatic carbocycles. The Hall–Kier alpha value is -0.870. The molecule has 20 heavy (non-hydrogen) atoms. The third-order valence-corrected chi connectivity index (χ3v) is 5.23. The van der Waals surface area contributed by atoms with Crippen molar-refractivity contribution in [2.45, 2.75) is 50.6 Å². The molecule has 0 aliphatic heterocycles. The van der Waals surface area contributed by atoms with E-state index in [2.05, 4.69) is 49.6 Å². The minimum atomic E-state index is 0.275. The Labute approximate surface area is 123 Å². The molecule has 1 heterocycles. The molecule has 0 aromatic carbocycles. The first-order valence-electron chi connectivity index (χ1n) is 7.80. The number of hydrogen-bond acceptors (Lipinski definition) is 3. The monoisotopic (exact) mass is 278 g/mol. The van der Waals surface area contributed by atoms with Gasteiger partial charge in [-0.1, -0.05) is 6.92 Å². The zero-order valence-corrected chi connectivity index (χ0v) is 13.7. The van der Waals surface area contributed by atoms with Crippen LogP contribution in [0.15, 0.2) is 12.4 Å². The number of nitrogens with zero attached hydrogens (tertiary/aromatic N) is 3. The van der Waals surface area contributed by atoms with Crippen LogP contribution in [0.5, 0.6) is 0 Å². The molecule has 4 nitrogen and oxygen atoms in total. The Balaban J connectivity index is 2.17. The zero-order chi connectivity index (χ0) is 14.8. The van der Waals surface area contributed by atoms with Crippen LogP contribution < -0.4 is 5.32 Å². The van der Waals surface area contributed by atoms with Crippen LogP contribution >= 0.6 is 0 Å². The van der Waals surface area contributed by atoms with E-state index in [-0.39, 0.29) is 5.54 Å². The molecule has 0 bridgehead atoms. The molecule has 1 aromatic heterocycles. The van der Waals surface area contributed by atoms with Gasteiger partial charge in [-0.2, -0.15) is 5.10 Å². The number of likely N-dealkylation sites (N-methyl/N-ethyl adjacent to an activating group) is 2. The van der Waals surface area contributed by atoms with Crippen molar-refractivity contribution in [1.82, 2.24) is 20.0 Å². The lowest BCUT2D eigenvalue weighted by atomic mass is 9.71. The van der Waals surface area contributed by atoms with Crippen LogP contribution in [0, 0.1) is 5.92 Å². The van der Waals surface area contributed by atoms with Crippen LogP contribution in [0.4, 0.5) is 0 Å². The molecule has 1 aromatic rings. The molecule has 0 radical (unpaired) electrons. The first-order chi connectivity index (χ1) is 9.48. The summed E-state index contributed by atoms with van der Waals surface area (Å²) >= 11 is 0. The molecule has 1 saturated carbocycles. The van der Waals surface area contributed by atoms with E-state index >= 15 is 0 Å². The molecule has 2 rings (SSSR count). The summed E-state index contributed by atoms with van der Waals surface area (Å²) in [6.07, 6.45) is 10.4. The van der Waals surface area contributed by atoms with Crippen molar-refractivity contribution in [1.29, 1.82) is 0 Å². The van der Waals surface area contributed by atoms with Gasteiger partial charge < -0.3 is 10.2 Å². The summed E-state index contributed by atoms with van der Waals surface area (Å²) in [5.41, 5.74) is 1.60. The number of aromatic nitrogens is 2. The van der Waals surface area contributed by atoms with Crippen molar-refractivity contribution in [3.05, 3.63) is 18.0 Å². The maximum Gasteiger partial charge on any atom is 0.0522 e. The summed E-state index contributed by atoms with van der Waals surface area (Å²) in [4.78, 5) is 2.45. The van der Waals surface area contributed by atoms with Crippen molar-refractivity contribution in [2.75, 3.05) is 21.1 Å². The maximum absolute atomic E-state index is 4.30. The van der Waals surface area contributed by atoms with E-state index in [4.69, 9.17) is 0 Å². The van der Waals surface area contributed by atoms with Gasteiger partial charge in [0.1, 0.15) is 0 Å². The normalized spacial score (nSPS) is 28.8. The Morgan fingerprint density at radius 3 is 2.55 bits per heavy atom. The topological polar surface area (TPSA) is 33.1 Å². The van der Waals surface area contributed by atoms with E-state index in [1.807, 2.05) is 17.9 Å². The van der Waals surface area contributed by atoms with Crippen LogP contribution in [-0.2, 0) is 13.5 Å². The molecular formula is C16H30N4. The fourth-order valence-corrected chi connectivity index (χ4v) is 3.74. The highest BCUT2D eigenvalue weighted by Gasteiger charge is 2.42. The molecule has 0 spiro atoms. The van der Waals surface area contributed by atoms with Crippen molar-refractivity contribution in [3.8, 4) is 0 Å². The fraction of sp³-hybridized carbons (Fsp3) is 0.812. The number of hydrogen-bond donors (Lipinski definition) is 1. The number of aryl methyl sites for hydroxylation is 1. The zero-order valence-electron chi connectivity index (χ0n) is 13.7. The van der Waals surface area contributed by atoms with Gasteiger partial charge in [0.05, 0.1) is 6.20 Å². The lowest BCUT2D eigenvalue weighted by Crippen LogP contribution is -2.60. The molecule has 1 unspecified atom stereocenters. The number of nitrogens with one attached hydrogen (secondary N) is 1. The van der Waals surface area contributed by atoms with Crippen LogP contribution in [0.1, 0.15) is 38.2 Å². The Morgan fingerprint density at radius 1 is 1.45 bits per heavy atom. The molecule has 114 valence electrons. The van der Waals surface area contributed by atoms with Gasteiger partial charge in [-0.05, 0) is 64.7 Å². The van der Waals surface area contributed by atoms with E-state index in [9.17, 15) is 0 Å². The largest absolute Gasteiger partial charge is 0.315 e. The Morgan fingerprint density at radius 2 is 2.10 bits per heavy atom. The minimum absolute atomic E-state index is 0.275. The summed E-state index contributed by atoms with van der Waals surface area (Å²) in [5, 5.41) is 7.89. The molecule has 1 aliphatic rings. The van der Waals surface area contributed by atoms with Crippen molar-refractivity contribution in [2.24, 2.45) is 13.0 Å². The highest BCUT2D eigenvalue weighted by Crippen LogP contribution is 2.38. The lowest BCUT2D eigenvalue weighted by Gasteiger charge is -2.49. The molecule has 1 atom stereocenters. The second-order valence-electron chi connectivity index (χ2n) is 6.75. The SMILES string of the molecule is CNC(Cc1cnn(C)c1)C1(N(C)C)CCC(C)CC1. The fourth-order valence-electron chi connectivity index (χ4n) is 3.74. The summed E-state index contributed by atoms with van der Waals surface area (Å²) < 4.78 is 1.90. The second-order valence-corrected chi connectivity index (χ2v) is 6.75. The Kier molecular flexibility index (Phi) is 4.86. The average Bonchev–Trinajstić information content (AvgIpc) is 2.82. The highest BCUT2D eigenvalue weighted by molar-refractivity contribution is 5.11. The predicted molar refractivity (Wildman–Crippen MR) is 83.8 cm³/mol. The van der Waals surface area contributed by atoms with E-state index in [0.717, 1.165) is 12.3 Å². The van der Waals surface area contributed by atoms with Crippen LogP contribution in [0.3, 0.4) is 0 Å². The smallest absolute Gasteiger partial charge is 0.0522 e. The first-order valence-corrected chi connectivity index (χ1v) is 7.80. The third kappa shape index (κ3) is 3.07. The highest BCUT2D eigenvalue weighted by atomic mass is 15.2. The molecule has 1 N–H and O–H groups in total. The predicted octanol–water partition coefficient (Wildman–Crippen LogP) is 2.06. The molecular weight excluding hydrogens is 248 g/mol. The van der Waals surface area contributed by atoms with E-state index < -0.39 is 0 Å². The van der Waals surface area contributed by atoms with Gasteiger partial charge in [0, 0.05) is 24.8 Å².